The molecule has 0 aliphatic rings. The van der Waals surface area contributed by atoms with Gasteiger partial charge in [-0.3, -0.25) is 4.79 Å². The first-order valence-corrected chi connectivity index (χ1v) is 6.13. The van der Waals surface area contributed by atoms with Crippen molar-refractivity contribution in [2.75, 3.05) is 6.26 Å². The van der Waals surface area contributed by atoms with Gasteiger partial charge in [0.2, 0.25) is 0 Å². The molecular formula is C11H14OS. The van der Waals surface area contributed by atoms with Crippen molar-refractivity contribution in [3.8, 4) is 0 Å². The van der Waals surface area contributed by atoms with E-state index in [1.54, 1.807) is 0 Å². The van der Waals surface area contributed by atoms with E-state index in [4.69, 9.17) is 0 Å². The summed E-state index contributed by atoms with van der Waals surface area (Å²) < 4.78 is 0. The summed E-state index contributed by atoms with van der Waals surface area (Å²) >= 11 is 0. The highest BCUT2D eigenvalue weighted by Crippen LogP contribution is 2.26. The summed E-state index contributed by atoms with van der Waals surface area (Å²) in [6.45, 7) is 3.49. The predicted octanol–water partition coefficient (Wildman–Crippen LogP) is 2.53. The van der Waals surface area contributed by atoms with Crippen molar-refractivity contribution in [1.82, 2.24) is 0 Å². The molecule has 0 aliphatic heterocycles. The molecule has 0 spiro atoms. The fraction of sp³-hybridized carbons (Fsp3) is 0.182. The molecule has 0 amide bonds. The zero-order valence-electron chi connectivity index (χ0n) is 7.73. The van der Waals surface area contributed by atoms with E-state index >= 15 is 0 Å². The summed E-state index contributed by atoms with van der Waals surface area (Å²) in [6, 6.07) is 10.1. The molecule has 0 heterocycles. The Kier molecular flexibility index (Phi) is 3.77. The minimum Gasteiger partial charge on any atom is -0.284 e. The number of carbonyl (C=O) groups excluding carboxylic acids is 1. The number of thiol groups is 1. The number of hydrogen-bond donors (Lipinski definition) is 1. The minimum atomic E-state index is -0.575. The Hall–Kier alpha value is -1.02. The summed E-state index contributed by atoms with van der Waals surface area (Å²) in [5.41, 5.74) is 1.23. The van der Waals surface area contributed by atoms with E-state index in [1.807, 2.05) is 24.5 Å². The average molecular weight is 194 g/mol. The second-order valence-electron chi connectivity index (χ2n) is 2.88. The van der Waals surface area contributed by atoms with Crippen molar-refractivity contribution in [1.29, 1.82) is 0 Å². The molecule has 2 heteroatoms. The molecule has 0 radical (unpaired) electrons. The van der Waals surface area contributed by atoms with Gasteiger partial charge >= 0.3 is 0 Å². The van der Waals surface area contributed by atoms with Gasteiger partial charge in [-0.1, -0.05) is 36.9 Å². The molecule has 1 unspecified atom stereocenters. The van der Waals surface area contributed by atoms with Crippen molar-refractivity contribution in [3.63, 3.8) is 0 Å². The Morgan fingerprint density at radius 3 is 2.62 bits per heavy atom. The second kappa shape index (κ2) is 4.87. The standard InChI is InChI=1S/C11H14OS/c1-3-11(12)13(2)9-10-7-5-4-6-8-10/h3-8,13H,1,9H2,2H3. The second-order valence-corrected chi connectivity index (χ2v) is 5.04. The molecule has 0 N–H and O–H groups in total. The molecule has 0 saturated carbocycles. The molecule has 1 rings (SSSR count). The average Bonchev–Trinajstić information content (AvgIpc) is 2.18. The number of rotatable bonds is 3. The smallest absolute Gasteiger partial charge is 0.192 e. The lowest BCUT2D eigenvalue weighted by molar-refractivity contribution is -0.107. The van der Waals surface area contributed by atoms with Crippen molar-refractivity contribution in [2.45, 2.75) is 5.75 Å². The van der Waals surface area contributed by atoms with Gasteiger partial charge in [0.05, 0.1) is 0 Å². The molecule has 1 aromatic rings. The molecule has 1 nitrogen and oxygen atoms in total. The Morgan fingerprint density at radius 1 is 1.46 bits per heavy atom. The first-order chi connectivity index (χ1) is 6.24. The predicted molar refractivity (Wildman–Crippen MR) is 60.3 cm³/mol. The summed E-state index contributed by atoms with van der Waals surface area (Å²) in [5, 5.41) is 0.179. The molecule has 0 saturated heterocycles. The Morgan fingerprint density at radius 2 is 2.08 bits per heavy atom. The van der Waals surface area contributed by atoms with Gasteiger partial charge in [-0.15, -0.1) is 0 Å². The molecule has 70 valence electrons. The maximum Gasteiger partial charge on any atom is 0.192 e. The normalized spacial score (nSPS) is 13.5. The van der Waals surface area contributed by atoms with Crippen molar-refractivity contribution in [2.24, 2.45) is 0 Å². The van der Waals surface area contributed by atoms with Gasteiger partial charge in [-0.25, -0.2) is 0 Å². The van der Waals surface area contributed by atoms with E-state index in [0.717, 1.165) is 5.75 Å². The first kappa shape index (κ1) is 10.1. The van der Waals surface area contributed by atoms with Crippen LogP contribution in [0.25, 0.3) is 0 Å². The minimum absolute atomic E-state index is 0.179. The van der Waals surface area contributed by atoms with E-state index in [-0.39, 0.29) is 5.12 Å². The highest BCUT2D eigenvalue weighted by molar-refractivity contribution is 8.28. The van der Waals surface area contributed by atoms with Crippen molar-refractivity contribution < 1.29 is 4.79 Å². The van der Waals surface area contributed by atoms with Gasteiger partial charge in [-0.2, -0.15) is 10.9 Å². The summed E-state index contributed by atoms with van der Waals surface area (Å²) in [6.07, 6.45) is 3.42. The van der Waals surface area contributed by atoms with Gasteiger partial charge in [0, 0.05) is 5.75 Å². The molecule has 0 aromatic heterocycles. The monoisotopic (exact) mass is 194 g/mol. The third kappa shape index (κ3) is 3.07. The Bertz CT molecular complexity index is 292. The van der Waals surface area contributed by atoms with Gasteiger partial charge < -0.3 is 0 Å². The van der Waals surface area contributed by atoms with Crippen LogP contribution in [0.5, 0.6) is 0 Å². The topological polar surface area (TPSA) is 17.1 Å². The molecule has 13 heavy (non-hydrogen) atoms. The molecule has 0 bridgehead atoms. The van der Waals surface area contributed by atoms with Gasteiger partial charge in [0.25, 0.3) is 0 Å². The van der Waals surface area contributed by atoms with E-state index in [0.29, 0.717) is 0 Å². The van der Waals surface area contributed by atoms with E-state index in [1.165, 1.54) is 11.6 Å². The van der Waals surface area contributed by atoms with Crippen LogP contribution in [0.4, 0.5) is 0 Å². The summed E-state index contributed by atoms with van der Waals surface area (Å²) in [5.74, 6) is 0.862. The van der Waals surface area contributed by atoms with Gasteiger partial charge in [-0.05, 0) is 17.9 Å². The van der Waals surface area contributed by atoms with Crippen LogP contribution in [0, 0.1) is 0 Å². The van der Waals surface area contributed by atoms with Crippen LogP contribution in [0.1, 0.15) is 5.56 Å². The van der Waals surface area contributed by atoms with E-state index in [9.17, 15) is 4.79 Å². The van der Waals surface area contributed by atoms with Crippen LogP contribution in [-0.2, 0) is 10.5 Å². The quantitative estimate of drug-likeness (QED) is 0.578. The molecule has 1 atom stereocenters. The zero-order chi connectivity index (χ0) is 9.68. The fourth-order valence-corrected chi connectivity index (χ4v) is 2.32. The lowest BCUT2D eigenvalue weighted by Crippen LogP contribution is -1.96. The maximum absolute atomic E-state index is 11.2. The van der Waals surface area contributed by atoms with E-state index in [2.05, 4.69) is 18.7 Å². The highest BCUT2D eigenvalue weighted by Gasteiger charge is 2.04. The van der Waals surface area contributed by atoms with Crippen LogP contribution < -0.4 is 0 Å². The fourth-order valence-electron chi connectivity index (χ4n) is 1.09. The third-order valence-corrected chi connectivity index (χ3v) is 3.59. The Labute approximate surface area is 81.8 Å². The van der Waals surface area contributed by atoms with Crippen LogP contribution in [-0.4, -0.2) is 11.4 Å². The molecule has 1 aromatic carbocycles. The molecule has 0 fully saturated rings. The zero-order valence-corrected chi connectivity index (χ0v) is 8.63. The van der Waals surface area contributed by atoms with Crippen LogP contribution in [0.15, 0.2) is 43.0 Å². The van der Waals surface area contributed by atoms with Crippen molar-refractivity contribution in [3.05, 3.63) is 48.6 Å². The third-order valence-electron chi connectivity index (χ3n) is 1.81. The number of benzene rings is 1. The van der Waals surface area contributed by atoms with Crippen LogP contribution in [0.3, 0.4) is 0 Å². The van der Waals surface area contributed by atoms with Gasteiger partial charge in [0.1, 0.15) is 0 Å². The Balaban J connectivity index is 2.60. The summed E-state index contributed by atoms with van der Waals surface area (Å²) in [4.78, 5) is 11.2. The van der Waals surface area contributed by atoms with E-state index < -0.39 is 10.9 Å². The molecule has 0 aliphatic carbocycles. The lowest BCUT2D eigenvalue weighted by Gasteiger charge is -2.11. The van der Waals surface area contributed by atoms with Crippen LogP contribution in [0.2, 0.25) is 0 Å². The molecular weight excluding hydrogens is 180 g/mol. The van der Waals surface area contributed by atoms with Gasteiger partial charge in [0.15, 0.2) is 5.12 Å². The van der Waals surface area contributed by atoms with Crippen LogP contribution >= 0.6 is 10.9 Å². The SMILES string of the molecule is C=CC(=O)[SH](C)Cc1ccccc1. The lowest BCUT2D eigenvalue weighted by atomic mass is 10.2. The maximum atomic E-state index is 11.2. The summed E-state index contributed by atoms with van der Waals surface area (Å²) in [7, 11) is -0.575. The number of hydrogen-bond acceptors (Lipinski definition) is 1. The highest BCUT2D eigenvalue weighted by atomic mass is 32.2. The number of carbonyl (C=O) groups is 1. The first-order valence-electron chi connectivity index (χ1n) is 4.15. The van der Waals surface area contributed by atoms with Crippen molar-refractivity contribution >= 4 is 16.0 Å². The largest absolute Gasteiger partial charge is 0.284 e.